The zero-order chi connectivity index (χ0) is 93.7. The molecule has 0 aromatic heterocycles. The molecule has 4 fully saturated rings. The van der Waals surface area contributed by atoms with Crippen LogP contribution in [0.2, 0.25) is 0 Å². The van der Waals surface area contributed by atoms with Gasteiger partial charge in [0.2, 0.25) is 0 Å². The number of esters is 2. The SMILES string of the molecule is C=CCCCO[C@H]1O[C@H](COCc2ccccc2)[C@@H](O[C@@H]2O[C@H](COCc3ccccc3)[C@H](OCc3ccccc3)[C@H](OCc3ccccc3)[C@H]2OC(=O)C(C)(C)C)[C@H](OCc2ccccc2)[C@@H]1O[C@H]1O[C@H](COCc2ccccc2)[C@@H](OCc2ccccc2)[C@H](OCc2ccccc2)[C@@H]1O[C@H]1O[C@H](COCc2ccccc2)[C@@H](OCc2ccccc2)[C@H](OCc2ccccc2)[C@@H]1OC(C)=O. The maximum Gasteiger partial charge on any atom is 0.311 e. The van der Waals surface area contributed by atoms with E-state index < -0.39 is 140 Å². The smallest absolute Gasteiger partial charge is 0.311 e. The summed E-state index contributed by atoms with van der Waals surface area (Å²) in [4.78, 5) is 29.9. The highest BCUT2D eigenvalue weighted by Gasteiger charge is 2.60. The molecule has 4 heterocycles. The standard InChI is InChI=1S/C113H126O23/c1-6-7-41-64-120-108-104(103(127-75-91-62-39-18-40-63-91)99(95(129-108)79-119-68-84-48-25-11-26-49-84)133-111-107(136-112(115)113(3,4)5)102(126-74-90-60-37-17-38-61-90)98(123-71-87-54-31-14-32-55-87)94(132-111)78-118-67-83-46-23-10-24-47-83)134-110-106(101(125-73-89-58-35-16-36-59-89)97(122-70-86-52-29-13-30-53-86)93(131-110)77-117-66-82-44-21-9-22-45-82)135-109-105(128-80(2)114)100(124-72-88-56-33-15-34-57-88)96(121-69-85-50-27-12-28-51-85)92(130-109)76-116-65-81-42-19-8-20-43-81/h6,8-40,42-63,92-111H,1,7,41,64-79H2,2-5H3/t92-,93-,94-,95-,96-,97-,98+,99-,100+,101+,102+,103+,104+,105+,106+,107-,108+,109-,110-,111+/m1/s1. The van der Waals surface area contributed by atoms with E-state index in [9.17, 15) is 4.79 Å². The van der Waals surface area contributed by atoms with E-state index >= 15 is 4.79 Å². The molecule has 23 heteroatoms. The van der Waals surface area contributed by atoms with Crippen molar-refractivity contribution in [1.29, 1.82) is 0 Å². The summed E-state index contributed by atoms with van der Waals surface area (Å²) in [6.07, 6.45) is -23.1. The second-order valence-corrected chi connectivity index (χ2v) is 35.3. The van der Waals surface area contributed by atoms with Crippen molar-refractivity contribution in [3.63, 3.8) is 0 Å². The third-order valence-electron chi connectivity index (χ3n) is 23.8. The maximum absolute atomic E-state index is 15.4. The van der Waals surface area contributed by atoms with Gasteiger partial charge in [0.05, 0.1) is 111 Å². The van der Waals surface area contributed by atoms with Crippen LogP contribution in [0.3, 0.4) is 0 Å². The van der Waals surface area contributed by atoms with E-state index in [4.69, 9.17) is 99.5 Å². The minimum Gasteiger partial charge on any atom is -0.454 e. The van der Waals surface area contributed by atoms with E-state index in [-0.39, 0.29) is 106 Å². The molecule has 20 atom stereocenters. The Hall–Kier alpha value is -10.7. The number of carbonyl (C=O) groups excluding carboxylic acids is 2. The molecule has 0 N–H and O–H groups in total. The Bertz CT molecular complexity index is 5200. The Morgan fingerprint density at radius 1 is 0.265 bits per heavy atom. The average molecular weight is 1850 g/mol. The lowest BCUT2D eigenvalue weighted by Crippen LogP contribution is -2.69. The molecule has 716 valence electrons. The zero-order valence-electron chi connectivity index (χ0n) is 77.7. The van der Waals surface area contributed by atoms with Crippen molar-refractivity contribution >= 4 is 11.9 Å². The first-order valence-electron chi connectivity index (χ1n) is 47.0. The first kappa shape index (κ1) is 99.8. The van der Waals surface area contributed by atoms with Crippen LogP contribution in [0.5, 0.6) is 0 Å². The van der Waals surface area contributed by atoms with Crippen LogP contribution in [0.15, 0.2) is 346 Å². The summed E-state index contributed by atoms with van der Waals surface area (Å²) < 4.78 is 154. The predicted octanol–water partition coefficient (Wildman–Crippen LogP) is 18.9. The summed E-state index contributed by atoms with van der Waals surface area (Å²) in [5.41, 5.74) is 8.24. The summed E-state index contributed by atoms with van der Waals surface area (Å²) in [6, 6.07) is 108. The van der Waals surface area contributed by atoms with Gasteiger partial charge in [0.1, 0.15) is 85.5 Å². The van der Waals surface area contributed by atoms with E-state index in [0.717, 1.165) is 61.2 Å². The molecule has 11 aromatic carbocycles. The lowest BCUT2D eigenvalue weighted by atomic mass is 9.94. The van der Waals surface area contributed by atoms with E-state index in [1.165, 1.54) is 6.92 Å². The van der Waals surface area contributed by atoms with Crippen LogP contribution in [-0.4, -0.2) is 168 Å². The minimum atomic E-state index is -1.68. The molecular formula is C113H126O23. The van der Waals surface area contributed by atoms with Crippen molar-refractivity contribution < 1.29 is 109 Å². The van der Waals surface area contributed by atoms with Crippen molar-refractivity contribution in [2.75, 3.05) is 33.0 Å². The molecule has 0 unspecified atom stereocenters. The fraction of sp³-hybridized carbons (Fsp3) is 0.381. The third-order valence-corrected chi connectivity index (χ3v) is 23.8. The van der Waals surface area contributed by atoms with Crippen molar-refractivity contribution in [2.24, 2.45) is 5.41 Å². The second kappa shape index (κ2) is 52.8. The molecule has 15 rings (SSSR count). The van der Waals surface area contributed by atoms with Crippen LogP contribution in [-0.2, 0) is 182 Å². The quantitative estimate of drug-likeness (QED) is 0.0196. The summed E-state index contributed by atoms with van der Waals surface area (Å²) in [7, 11) is 0. The van der Waals surface area contributed by atoms with Gasteiger partial charge in [-0.2, -0.15) is 0 Å². The fourth-order valence-electron chi connectivity index (χ4n) is 16.8. The summed E-state index contributed by atoms with van der Waals surface area (Å²) in [6.45, 7) is 11.3. The van der Waals surface area contributed by atoms with Gasteiger partial charge in [0.15, 0.2) is 37.4 Å². The number of unbranched alkanes of at least 4 members (excludes halogenated alkanes) is 1. The van der Waals surface area contributed by atoms with Crippen molar-refractivity contribution in [3.8, 4) is 0 Å². The molecule has 0 aliphatic carbocycles. The van der Waals surface area contributed by atoms with Gasteiger partial charge in [-0.15, -0.1) is 6.58 Å². The van der Waals surface area contributed by atoms with Crippen LogP contribution in [0.1, 0.15) is 102 Å². The van der Waals surface area contributed by atoms with Gasteiger partial charge in [-0.1, -0.05) is 340 Å². The molecule has 4 saturated heterocycles. The topological polar surface area (TPSA) is 228 Å². The zero-order valence-corrected chi connectivity index (χ0v) is 77.7. The van der Waals surface area contributed by atoms with Crippen LogP contribution in [0, 0.1) is 5.41 Å². The lowest BCUT2D eigenvalue weighted by Gasteiger charge is -2.52. The number of rotatable bonds is 50. The second-order valence-electron chi connectivity index (χ2n) is 35.3. The van der Waals surface area contributed by atoms with Gasteiger partial charge < -0.3 is 99.5 Å². The number of benzene rings is 11. The van der Waals surface area contributed by atoms with Gasteiger partial charge in [-0.05, 0) is 94.8 Å². The molecule has 0 spiro atoms. The van der Waals surface area contributed by atoms with Crippen LogP contribution < -0.4 is 0 Å². The average Bonchev–Trinajstić information content (AvgIpc) is 0.754. The van der Waals surface area contributed by atoms with Gasteiger partial charge in [-0.25, -0.2) is 0 Å². The third kappa shape index (κ3) is 29.9. The van der Waals surface area contributed by atoms with Crippen LogP contribution in [0.4, 0.5) is 0 Å². The van der Waals surface area contributed by atoms with E-state index in [2.05, 4.69) is 6.58 Å². The Balaban J connectivity index is 0.912. The molecule has 0 bridgehead atoms. The van der Waals surface area contributed by atoms with Gasteiger partial charge in [-0.3, -0.25) is 9.59 Å². The molecule has 4 aliphatic rings. The predicted molar refractivity (Wildman–Crippen MR) is 509 cm³/mol. The maximum atomic E-state index is 15.4. The monoisotopic (exact) mass is 1850 g/mol. The normalized spacial score (nSPS) is 25.1. The first-order chi connectivity index (χ1) is 66.8. The highest BCUT2D eigenvalue weighted by atomic mass is 16.8. The van der Waals surface area contributed by atoms with Gasteiger partial charge >= 0.3 is 11.9 Å². The van der Waals surface area contributed by atoms with Crippen LogP contribution >= 0.6 is 0 Å². The van der Waals surface area contributed by atoms with Crippen molar-refractivity contribution in [2.45, 2.75) is 236 Å². The van der Waals surface area contributed by atoms with Crippen LogP contribution in [0.25, 0.3) is 0 Å². The van der Waals surface area contributed by atoms with Gasteiger partial charge in [0.25, 0.3) is 0 Å². The first-order valence-corrected chi connectivity index (χ1v) is 47.0. The number of carbonyl (C=O) groups is 2. The summed E-state index contributed by atoms with van der Waals surface area (Å²) in [5.74, 6) is -1.28. The lowest BCUT2D eigenvalue weighted by molar-refractivity contribution is -0.411. The number of ether oxygens (including phenoxy) is 21. The number of hydrogen-bond acceptors (Lipinski definition) is 23. The molecule has 0 amide bonds. The minimum absolute atomic E-state index is 0.0201. The molecule has 136 heavy (non-hydrogen) atoms. The summed E-state index contributed by atoms with van der Waals surface area (Å²) >= 11 is 0. The molecule has 0 saturated carbocycles. The fourth-order valence-corrected chi connectivity index (χ4v) is 16.8. The Morgan fingerprint density at radius 2 is 0.478 bits per heavy atom. The van der Waals surface area contributed by atoms with E-state index in [1.54, 1.807) is 20.8 Å². The van der Waals surface area contributed by atoms with E-state index in [1.807, 2.05) is 340 Å². The van der Waals surface area contributed by atoms with Crippen molar-refractivity contribution in [3.05, 3.63) is 408 Å². The Morgan fingerprint density at radius 3 is 0.743 bits per heavy atom. The molecule has 0 radical (unpaired) electrons. The van der Waals surface area contributed by atoms with Gasteiger partial charge in [0, 0.05) is 6.92 Å². The largest absolute Gasteiger partial charge is 0.454 e. The molecule has 11 aromatic rings. The number of allylic oxidation sites excluding steroid dienone is 1. The van der Waals surface area contributed by atoms with Crippen molar-refractivity contribution in [1.82, 2.24) is 0 Å². The molecule has 4 aliphatic heterocycles. The molecule has 23 nitrogen and oxygen atoms in total. The Labute approximate surface area is 798 Å². The summed E-state index contributed by atoms with van der Waals surface area (Å²) in [5, 5.41) is 0. The van der Waals surface area contributed by atoms with E-state index in [0.29, 0.717) is 12.8 Å². The highest BCUT2D eigenvalue weighted by Crippen LogP contribution is 2.43. The molecular weight excluding hydrogens is 1730 g/mol. The Kier molecular flexibility index (Phi) is 38.7. The number of hydrogen-bond donors (Lipinski definition) is 0. The highest BCUT2D eigenvalue weighted by molar-refractivity contribution is 5.75.